The Morgan fingerprint density at radius 3 is 2.87 bits per heavy atom. The molecule has 23 heavy (non-hydrogen) atoms. The summed E-state index contributed by atoms with van der Waals surface area (Å²) in [6, 6.07) is 3.28. The van der Waals surface area contributed by atoms with Crippen LogP contribution in [0.25, 0.3) is 21.8 Å². The first-order valence-electron chi connectivity index (χ1n) is 8.02. The number of pyridine rings is 1. The molecule has 0 aliphatic carbocycles. The molecule has 3 aromatic heterocycles. The second kappa shape index (κ2) is 5.28. The van der Waals surface area contributed by atoms with Crippen molar-refractivity contribution in [2.24, 2.45) is 0 Å². The van der Waals surface area contributed by atoms with E-state index in [1.807, 2.05) is 23.8 Å². The van der Waals surface area contributed by atoms with Crippen molar-refractivity contribution < 1.29 is 4.42 Å². The predicted molar refractivity (Wildman–Crippen MR) is 89.7 cm³/mol. The normalized spacial score (nSPS) is 24.3. The summed E-state index contributed by atoms with van der Waals surface area (Å²) in [4.78, 5) is 18.4. The van der Waals surface area contributed by atoms with E-state index in [2.05, 4.69) is 19.8 Å². The van der Waals surface area contributed by atoms with Gasteiger partial charge in [-0.3, -0.25) is 0 Å². The van der Waals surface area contributed by atoms with Crippen LogP contribution in [-0.4, -0.2) is 52.1 Å². The molecule has 3 aromatic rings. The third-order valence-electron chi connectivity index (χ3n) is 4.82. The van der Waals surface area contributed by atoms with Crippen molar-refractivity contribution in [1.29, 1.82) is 0 Å². The summed E-state index contributed by atoms with van der Waals surface area (Å²) in [5.41, 5.74) is 2.42. The van der Waals surface area contributed by atoms with Crippen molar-refractivity contribution in [1.82, 2.24) is 19.9 Å². The molecule has 0 atom stereocenters. The van der Waals surface area contributed by atoms with E-state index in [0.717, 1.165) is 35.2 Å². The molecular weight excluding hydrogens is 310 g/mol. The van der Waals surface area contributed by atoms with Gasteiger partial charge >= 0.3 is 0 Å². The van der Waals surface area contributed by atoms with Gasteiger partial charge in [-0.05, 0) is 18.9 Å². The molecule has 6 heterocycles. The quantitative estimate of drug-likeness (QED) is 0.721. The monoisotopic (exact) mass is 327 g/mol. The number of oxazole rings is 1. The van der Waals surface area contributed by atoms with Crippen molar-refractivity contribution in [3.05, 3.63) is 23.8 Å². The van der Waals surface area contributed by atoms with Gasteiger partial charge in [-0.2, -0.15) is 4.98 Å². The van der Waals surface area contributed by atoms with Crippen LogP contribution in [0.5, 0.6) is 0 Å². The molecule has 118 valence electrons. The van der Waals surface area contributed by atoms with Crippen molar-refractivity contribution in [3.63, 3.8) is 0 Å². The van der Waals surface area contributed by atoms with Crippen LogP contribution in [0, 0.1) is 0 Å². The van der Waals surface area contributed by atoms with Crippen molar-refractivity contribution >= 4 is 28.6 Å². The Balaban J connectivity index is 1.52. The van der Waals surface area contributed by atoms with Crippen LogP contribution in [-0.2, 0) is 0 Å². The number of aromatic nitrogens is 3. The molecule has 3 aliphatic rings. The summed E-state index contributed by atoms with van der Waals surface area (Å²) >= 11 is 1.61. The largest absolute Gasteiger partial charge is 0.404 e. The molecule has 0 N–H and O–H groups in total. The number of piperidine rings is 1. The second-order valence-electron chi connectivity index (χ2n) is 6.15. The molecule has 0 unspecified atom stereocenters. The Bertz CT molecular complexity index is 822. The summed E-state index contributed by atoms with van der Waals surface area (Å²) in [7, 11) is 0. The lowest BCUT2D eigenvalue weighted by Gasteiger charge is -2.30. The maximum Gasteiger partial charge on any atom is 0.300 e. The third-order valence-corrected chi connectivity index (χ3v) is 5.64. The minimum Gasteiger partial charge on any atom is -0.404 e. The highest BCUT2D eigenvalue weighted by molar-refractivity contribution is 7.13. The summed E-state index contributed by atoms with van der Waals surface area (Å²) < 4.78 is 5.95. The number of rotatable bonds is 2. The fourth-order valence-corrected chi connectivity index (χ4v) is 4.18. The van der Waals surface area contributed by atoms with Gasteiger partial charge < -0.3 is 14.2 Å². The van der Waals surface area contributed by atoms with Gasteiger partial charge in [0.2, 0.25) is 5.71 Å². The van der Waals surface area contributed by atoms with E-state index < -0.39 is 0 Å². The van der Waals surface area contributed by atoms with Crippen LogP contribution in [0.1, 0.15) is 12.8 Å². The van der Waals surface area contributed by atoms with Crippen LogP contribution in [0.4, 0.5) is 6.01 Å². The van der Waals surface area contributed by atoms with E-state index in [1.54, 1.807) is 11.3 Å². The SMILES string of the molecule is c1csc(-c2cnc3oc(N4CCN5CCC4CC5)nc3c2)n1. The highest BCUT2D eigenvalue weighted by Crippen LogP contribution is 2.30. The molecule has 0 saturated carbocycles. The van der Waals surface area contributed by atoms with Crippen molar-refractivity contribution in [2.45, 2.75) is 18.9 Å². The van der Waals surface area contributed by atoms with Crippen LogP contribution in [0.3, 0.4) is 0 Å². The van der Waals surface area contributed by atoms with E-state index in [4.69, 9.17) is 9.40 Å². The zero-order chi connectivity index (χ0) is 15.2. The van der Waals surface area contributed by atoms with Gasteiger partial charge in [-0.25, -0.2) is 9.97 Å². The zero-order valence-corrected chi connectivity index (χ0v) is 13.5. The second-order valence-corrected chi connectivity index (χ2v) is 7.04. The number of hydrogen-bond donors (Lipinski definition) is 0. The maximum absolute atomic E-state index is 5.95. The van der Waals surface area contributed by atoms with Gasteiger partial charge in [0.05, 0.1) is 0 Å². The Morgan fingerprint density at radius 2 is 2.04 bits per heavy atom. The first-order chi connectivity index (χ1) is 11.4. The fourth-order valence-electron chi connectivity index (χ4n) is 3.56. The molecule has 6 nitrogen and oxygen atoms in total. The Morgan fingerprint density at radius 1 is 1.13 bits per heavy atom. The molecule has 3 aliphatic heterocycles. The first-order valence-corrected chi connectivity index (χ1v) is 8.90. The minimum atomic E-state index is 0.542. The molecule has 0 amide bonds. The van der Waals surface area contributed by atoms with E-state index in [0.29, 0.717) is 11.8 Å². The highest BCUT2D eigenvalue weighted by Gasteiger charge is 2.31. The number of fused-ring (bicyclic) bond motifs is 5. The molecule has 6 rings (SSSR count). The van der Waals surface area contributed by atoms with Crippen LogP contribution in [0.2, 0.25) is 0 Å². The smallest absolute Gasteiger partial charge is 0.300 e. The number of nitrogens with zero attached hydrogens (tertiary/aromatic N) is 5. The summed E-state index contributed by atoms with van der Waals surface area (Å²) in [6.07, 6.45) is 6.00. The molecule has 2 bridgehead atoms. The average Bonchev–Trinajstić information content (AvgIpc) is 3.17. The summed E-state index contributed by atoms with van der Waals surface area (Å²) in [6.45, 7) is 4.45. The molecular formula is C16H17N5OS. The Labute approximate surface area is 137 Å². The predicted octanol–water partition coefficient (Wildman–Crippen LogP) is 2.63. The number of thiazole rings is 1. The van der Waals surface area contributed by atoms with Crippen LogP contribution < -0.4 is 4.90 Å². The van der Waals surface area contributed by atoms with E-state index in [1.165, 1.54) is 25.9 Å². The third kappa shape index (κ3) is 2.31. The molecule has 0 aromatic carbocycles. The first kappa shape index (κ1) is 13.4. The highest BCUT2D eigenvalue weighted by atomic mass is 32.1. The average molecular weight is 327 g/mol. The van der Waals surface area contributed by atoms with Gasteiger partial charge in [0.1, 0.15) is 10.5 Å². The molecule has 3 fully saturated rings. The Kier molecular flexibility index (Phi) is 3.09. The van der Waals surface area contributed by atoms with Gasteiger partial charge in [0, 0.05) is 55.6 Å². The van der Waals surface area contributed by atoms with Gasteiger partial charge in [-0.15, -0.1) is 11.3 Å². The van der Waals surface area contributed by atoms with E-state index in [9.17, 15) is 0 Å². The van der Waals surface area contributed by atoms with Crippen LogP contribution >= 0.6 is 11.3 Å². The lowest BCUT2D eigenvalue weighted by atomic mass is 10.1. The van der Waals surface area contributed by atoms with Crippen molar-refractivity contribution in [2.75, 3.05) is 31.1 Å². The van der Waals surface area contributed by atoms with Gasteiger partial charge in [0.25, 0.3) is 6.01 Å². The maximum atomic E-state index is 5.95. The van der Waals surface area contributed by atoms with Gasteiger partial charge in [0.15, 0.2) is 0 Å². The zero-order valence-electron chi connectivity index (χ0n) is 12.7. The van der Waals surface area contributed by atoms with E-state index >= 15 is 0 Å². The molecule has 7 heteroatoms. The number of hydrogen-bond acceptors (Lipinski definition) is 7. The van der Waals surface area contributed by atoms with E-state index in [-0.39, 0.29) is 0 Å². The summed E-state index contributed by atoms with van der Waals surface area (Å²) in [5, 5.41) is 2.93. The minimum absolute atomic E-state index is 0.542. The standard InChI is InChI=1S/C16H17N5OS/c1-4-20-5-2-12(1)21(7-6-20)16-19-13-9-11(10-18-14(13)22-16)15-17-3-8-23-15/h3,8-10,12H,1-2,4-7H2. The summed E-state index contributed by atoms with van der Waals surface area (Å²) in [5.74, 6) is 0. The molecule has 0 radical (unpaired) electrons. The lowest BCUT2D eigenvalue weighted by Crippen LogP contribution is -2.38. The Hall–Kier alpha value is -1.99. The van der Waals surface area contributed by atoms with Crippen LogP contribution in [0.15, 0.2) is 28.3 Å². The number of anilines is 1. The van der Waals surface area contributed by atoms with Gasteiger partial charge in [-0.1, -0.05) is 0 Å². The van der Waals surface area contributed by atoms with Crippen molar-refractivity contribution in [3.8, 4) is 10.6 Å². The lowest BCUT2D eigenvalue weighted by molar-refractivity contribution is 0.249. The molecule has 3 saturated heterocycles. The molecule has 0 spiro atoms. The topological polar surface area (TPSA) is 58.3 Å². The fraction of sp³-hybridized carbons (Fsp3) is 0.438.